The lowest BCUT2D eigenvalue weighted by Crippen LogP contribution is -2.33. The monoisotopic (exact) mass is 440 g/mol. The third kappa shape index (κ3) is 4.95. The Morgan fingerprint density at radius 3 is 2.58 bits per heavy atom. The maximum absolute atomic E-state index is 12.9. The summed E-state index contributed by atoms with van der Waals surface area (Å²) >= 11 is 0. The van der Waals surface area contributed by atoms with Gasteiger partial charge < -0.3 is 10.2 Å². The van der Waals surface area contributed by atoms with E-state index in [0.29, 0.717) is 31.1 Å². The molecule has 3 heteroatoms. The van der Waals surface area contributed by atoms with Gasteiger partial charge in [-0.1, -0.05) is 72.4 Å². The smallest absolute Gasteiger partial charge is 0.163 e. The van der Waals surface area contributed by atoms with Gasteiger partial charge in [-0.05, 0) is 60.5 Å². The highest BCUT2D eigenvalue weighted by atomic mass is 16.5. The summed E-state index contributed by atoms with van der Waals surface area (Å²) in [4.78, 5) is 12.9. The summed E-state index contributed by atoms with van der Waals surface area (Å²) in [5.41, 5.74) is 6.75. The fourth-order valence-corrected chi connectivity index (χ4v) is 5.55. The SMILES string of the molecule is C=C1C=C(C(=O)CCC2=CC3C=C(CC4CCC(O)(O)CC4)C=CC3=C2)C=C2C=CC=CC12. The molecule has 2 atom stereocenters. The van der Waals surface area contributed by atoms with Gasteiger partial charge in [0.05, 0.1) is 0 Å². The molecule has 2 N–H and O–H groups in total. The third-order valence-corrected chi connectivity index (χ3v) is 7.53. The zero-order valence-corrected chi connectivity index (χ0v) is 19.0. The van der Waals surface area contributed by atoms with Crippen molar-refractivity contribution in [3.63, 3.8) is 0 Å². The van der Waals surface area contributed by atoms with E-state index in [1.165, 1.54) is 16.7 Å². The van der Waals surface area contributed by atoms with Crippen LogP contribution in [0.5, 0.6) is 0 Å². The average Bonchev–Trinajstić information content (AvgIpc) is 3.21. The molecule has 0 saturated heterocycles. The summed E-state index contributed by atoms with van der Waals surface area (Å²) in [5, 5.41) is 19.5. The van der Waals surface area contributed by atoms with Crippen LogP contribution in [0.4, 0.5) is 0 Å². The van der Waals surface area contributed by atoms with Crippen molar-refractivity contribution in [2.75, 3.05) is 0 Å². The van der Waals surface area contributed by atoms with Crippen LogP contribution in [0, 0.1) is 17.8 Å². The molecule has 0 radical (unpaired) electrons. The van der Waals surface area contributed by atoms with E-state index >= 15 is 0 Å². The van der Waals surface area contributed by atoms with Crippen molar-refractivity contribution in [1.82, 2.24) is 0 Å². The molecular formula is C30H32O3. The van der Waals surface area contributed by atoms with Crippen LogP contribution in [-0.4, -0.2) is 21.8 Å². The largest absolute Gasteiger partial charge is 0.366 e. The van der Waals surface area contributed by atoms with Crippen molar-refractivity contribution in [3.05, 3.63) is 107 Å². The van der Waals surface area contributed by atoms with Crippen molar-refractivity contribution >= 4 is 5.78 Å². The van der Waals surface area contributed by atoms with E-state index in [9.17, 15) is 15.0 Å². The molecular weight excluding hydrogens is 408 g/mol. The second kappa shape index (κ2) is 8.89. The molecule has 0 aliphatic heterocycles. The quantitative estimate of drug-likeness (QED) is 0.518. The van der Waals surface area contributed by atoms with Crippen molar-refractivity contribution in [2.45, 2.75) is 50.7 Å². The Labute approximate surface area is 196 Å². The van der Waals surface area contributed by atoms with Crippen LogP contribution in [-0.2, 0) is 4.79 Å². The molecule has 33 heavy (non-hydrogen) atoms. The number of aliphatic hydroxyl groups is 2. The van der Waals surface area contributed by atoms with Crippen LogP contribution >= 0.6 is 0 Å². The molecule has 1 saturated carbocycles. The summed E-state index contributed by atoms with van der Waals surface area (Å²) in [5.74, 6) is -0.278. The molecule has 2 unspecified atom stereocenters. The Kier molecular flexibility index (Phi) is 5.94. The molecule has 5 aliphatic rings. The van der Waals surface area contributed by atoms with Gasteiger partial charge >= 0.3 is 0 Å². The van der Waals surface area contributed by atoms with E-state index in [4.69, 9.17) is 0 Å². The molecule has 5 aliphatic carbocycles. The molecule has 0 amide bonds. The van der Waals surface area contributed by atoms with Gasteiger partial charge in [-0.2, -0.15) is 0 Å². The zero-order valence-electron chi connectivity index (χ0n) is 19.0. The zero-order chi connectivity index (χ0) is 23.0. The topological polar surface area (TPSA) is 57.5 Å². The first-order chi connectivity index (χ1) is 15.9. The van der Waals surface area contributed by atoms with Gasteiger partial charge in [-0.3, -0.25) is 4.79 Å². The fourth-order valence-electron chi connectivity index (χ4n) is 5.55. The molecule has 0 bridgehead atoms. The van der Waals surface area contributed by atoms with E-state index in [0.717, 1.165) is 42.4 Å². The number of carbonyl (C=O) groups excluding carboxylic acids is 1. The number of allylic oxidation sites excluding steroid dienone is 17. The maximum Gasteiger partial charge on any atom is 0.163 e. The van der Waals surface area contributed by atoms with Crippen LogP contribution in [0.25, 0.3) is 0 Å². The molecule has 3 nitrogen and oxygen atoms in total. The van der Waals surface area contributed by atoms with E-state index in [1.54, 1.807) is 0 Å². The number of ketones is 1. The molecule has 0 aromatic rings. The minimum atomic E-state index is -1.47. The van der Waals surface area contributed by atoms with Gasteiger partial charge in [-0.25, -0.2) is 0 Å². The second-order valence-electron chi connectivity index (χ2n) is 10.1. The Balaban J connectivity index is 1.17. The Bertz CT molecular complexity index is 1100. The lowest BCUT2D eigenvalue weighted by molar-refractivity contribution is -0.186. The highest BCUT2D eigenvalue weighted by Gasteiger charge is 2.31. The van der Waals surface area contributed by atoms with Gasteiger partial charge in [0.1, 0.15) is 0 Å². The minimum absolute atomic E-state index is 0.173. The Morgan fingerprint density at radius 2 is 1.76 bits per heavy atom. The van der Waals surface area contributed by atoms with E-state index in [-0.39, 0.29) is 11.7 Å². The van der Waals surface area contributed by atoms with Gasteiger partial charge in [0, 0.05) is 36.7 Å². The van der Waals surface area contributed by atoms with Gasteiger partial charge in [0.15, 0.2) is 11.6 Å². The summed E-state index contributed by atoms with van der Waals surface area (Å²) in [6, 6.07) is 0. The van der Waals surface area contributed by atoms with Crippen LogP contribution in [0.1, 0.15) is 44.9 Å². The Hall–Kier alpha value is -2.75. The number of carbonyl (C=O) groups is 1. The molecule has 1 fully saturated rings. The van der Waals surface area contributed by atoms with Crippen molar-refractivity contribution in [3.8, 4) is 0 Å². The molecule has 0 spiro atoms. The lowest BCUT2D eigenvalue weighted by atomic mass is 9.80. The molecule has 0 aromatic carbocycles. The minimum Gasteiger partial charge on any atom is -0.366 e. The van der Waals surface area contributed by atoms with Crippen molar-refractivity contribution < 1.29 is 15.0 Å². The second-order valence-corrected chi connectivity index (χ2v) is 10.1. The summed E-state index contributed by atoms with van der Waals surface area (Å²) < 4.78 is 0. The van der Waals surface area contributed by atoms with Crippen LogP contribution in [0.3, 0.4) is 0 Å². The van der Waals surface area contributed by atoms with Crippen LogP contribution in [0.15, 0.2) is 107 Å². The lowest BCUT2D eigenvalue weighted by Gasteiger charge is -2.32. The summed E-state index contributed by atoms with van der Waals surface area (Å²) in [7, 11) is 0. The standard InChI is InChI=1S/C30H32O3/c1-20-14-27(19-25-4-2-3-5-28(20)25)29(31)9-7-23-16-24-8-6-22(17-26(24)18-23)15-21-10-12-30(32,33)13-11-21/h2-6,8,14,16-19,21,26,28,32-33H,1,7,9-13,15H2. The summed E-state index contributed by atoms with van der Waals surface area (Å²) in [6.07, 6.45) is 28.4. The Morgan fingerprint density at radius 1 is 0.970 bits per heavy atom. The molecule has 0 heterocycles. The third-order valence-electron chi connectivity index (χ3n) is 7.53. The predicted molar refractivity (Wildman–Crippen MR) is 132 cm³/mol. The average molecular weight is 441 g/mol. The van der Waals surface area contributed by atoms with Crippen LogP contribution in [0.2, 0.25) is 0 Å². The first kappa shape index (κ1) is 22.1. The number of hydrogen-bond acceptors (Lipinski definition) is 3. The number of hydrogen-bond donors (Lipinski definition) is 2. The van der Waals surface area contributed by atoms with Crippen molar-refractivity contribution in [2.24, 2.45) is 17.8 Å². The maximum atomic E-state index is 12.9. The summed E-state index contributed by atoms with van der Waals surface area (Å²) in [6.45, 7) is 4.16. The van der Waals surface area contributed by atoms with Gasteiger partial charge in [0.25, 0.3) is 0 Å². The molecule has 5 rings (SSSR count). The fraction of sp³-hybridized carbons (Fsp3) is 0.367. The highest BCUT2D eigenvalue weighted by molar-refractivity contribution is 5.99. The first-order valence-corrected chi connectivity index (χ1v) is 12.1. The van der Waals surface area contributed by atoms with Gasteiger partial charge in [0.2, 0.25) is 0 Å². The first-order valence-electron chi connectivity index (χ1n) is 12.1. The number of Topliss-reactive ketones (excluding diaryl/α,β-unsaturated/α-hetero) is 1. The predicted octanol–water partition coefficient (Wildman–Crippen LogP) is 5.74. The number of fused-ring (bicyclic) bond motifs is 2. The van der Waals surface area contributed by atoms with E-state index < -0.39 is 5.79 Å². The van der Waals surface area contributed by atoms with Crippen LogP contribution < -0.4 is 0 Å². The van der Waals surface area contributed by atoms with Gasteiger partial charge in [-0.15, -0.1) is 0 Å². The highest BCUT2D eigenvalue weighted by Crippen LogP contribution is 2.38. The molecule has 170 valence electrons. The van der Waals surface area contributed by atoms with E-state index in [1.807, 2.05) is 24.3 Å². The normalized spacial score (nSPS) is 27.8. The number of rotatable bonds is 6. The van der Waals surface area contributed by atoms with Crippen molar-refractivity contribution in [1.29, 1.82) is 0 Å². The molecule has 0 aromatic heterocycles. The van der Waals surface area contributed by atoms with E-state index in [2.05, 4.69) is 49.1 Å².